The Morgan fingerprint density at radius 1 is 1.44 bits per heavy atom. The van der Waals surface area contributed by atoms with E-state index in [0.29, 0.717) is 10.7 Å². The monoisotopic (exact) mass is 239 g/mol. The van der Waals surface area contributed by atoms with Crippen molar-refractivity contribution in [1.82, 2.24) is 0 Å². The summed E-state index contributed by atoms with van der Waals surface area (Å²) < 4.78 is 5.74. The Bertz CT molecular complexity index is 374. The summed E-state index contributed by atoms with van der Waals surface area (Å²) in [6.07, 6.45) is 5.27. The molecule has 2 nitrogen and oxygen atoms in total. The largest absolute Gasteiger partial charge is 0.493 e. The highest BCUT2D eigenvalue weighted by atomic mass is 35.5. The topological polar surface area (TPSA) is 35.2 Å². The molecule has 1 aliphatic carbocycles. The van der Waals surface area contributed by atoms with Gasteiger partial charge in [-0.15, -0.1) is 0 Å². The zero-order valence-corrected chi connectivity index (χ0v) is 10.4. The van der Waals surface area contributed by atoms with Gasteiger partial charge in [-0.1, -0.05) is 30.9 Å². The lowest BCUT2D eigenvalue weighted by Gasteiger charge is -2.25. The molecule has 1 aromatic carbocycles. The van der Waals surface area contributed by atoms with Gasteiger partial charge in [0.05, 0.1) is 17.3 Å². The average Bonchev–Trinajstić information content (AvgIpc) is 2.17. The quantitative estimate of drug-likeness (QED) is 0.812. The Kier molecular flexibility index (Phi) is 3.59. The standard InChI is InChI=1S/C13H18ClNO/c1-9-7-12(15)11(14)8-13(9)16-6-5-10-3-2-4-10/h7-8,10H,2-6,15H2,1H3. The van der Waals surface area contributed by atoms with Crippen LogP contribution in [0, 0.1) is 12.8 Å². The molecule has 0 heterocycles. The summed E-state index contributed by atoms with van der Waals surface area (Å²) in [5, 5.41) is 0.573. The number of hydrogen-bond acceptors (Lipinski definition) is 2. The fourth-order valence-electron chi connectivity index (χ4n) is 1.96. The average molecular weight is 240 g/mol. The van der Waals surface area contributed by atoms with Crippen LogP contribution in [-0.2, 0) is 0 Å². The second kappa shape index (κ2) is 4.96. The summed E-state index contributed by atoms with van der Waals surface area (Å²) in [5.41, 5.74) is 7.38. The molecule has 16 heavy (non-hydrogen) atoms. The van der Waals surface area contributed by atoms with E-state index in [4.69, 9.17) is 22.1 Å². The van der Waals surface area contributed by atoms with E-state index in [-0.39, 0.29) is 0 Å². The Morgan fingerprint density at radius 2 is 2.19 bits per heavy atom. The summed E-state index contributed by atoms with van der Waals surface area (Å²) in [5.74, 6) is 1.74. The van der Waals surface area contributed by atoms with E-state index < -0.39 is 0 Å². The van der Waals surface area contributed by atoms with Crippen LogP contribution in [0.25, 0.3) is 0 Å². The molecule has 0 spiro atoms. The minimum atomic E-state index is 0.573. The molecule has 1 aromatic rings. The molecule has 2 N–H and O–H groups in total. The van der Waals surface area contributed by atoms with Crippen LogP contribution < -0.4 is 10.5 Å². The molecule has 0 saturated heterocycles. The summed E-state index contributed by atoms with van der Waals surface area (Å²) in [6.45, 7) is 2.77. The summed E-state index contributed by atoms with van der Waals surface area (Å²) in [4.78, 5) is 0. The minimum Gasteiger partial charge on any atom is -0.493 e. The number of rotatable bonds is 4. The molecule has 0 bridgehead atoms. The Hall–Kier alpha value is -0.890. The Morgan fingerprint density at radius 3 is 2.81 bits per heavy atom. The van der Waals surface area contributed by atoms with Crippen molar-refractivity contribution < 1.29 is 4.74 Å². The van der Waals surface area contributed by atoms with Gasteiger partial charge in [-0.2, -0.15) is 0 Å². The van der Waals surface area contributed by atoms with Crippen molar-refractivity contribution >= 4 is 17.3 Å². The van der Waals surface area contributed by atoms with E-state index >= 15 is 0 Å². The summed E-state index contributed by atoms with van der Waals surface area (Å²) in [7, 11) is 0. The lowest BCUT2D eigenvalue weighted by molar-refractivity contribution is 0.221. The SMILES string of the molecule is Cc1cc(N)c(Cl)cc1OCCC1CCC1. The number of aryl methyl sites for hydroxylation is 1. The molecule has 3 heteroatoms. The maximum absolute atomic E-state index is 5.96. The predicted molar refractivity (Wildman–Crippen MR) is 68.1 cm³/mol. The van der Waals surface area contributed by atoms with E-state index in [1.807, 2.05) is 19.1 Å². The second-order valence-electron chi connectivity index (χ2n) is 4.57. The zero-order valence-electron chi connectivity index (χ0n) is 9.63. The fraction of sp³-hybridized carbons (Fsp3) is 0.538. The third-order valence-corrected chi connectivity index (χ3v) is 3.63. The molecule has 0 aliphatic heterocycles. The molecular formula is C13H18ClNO. The first-order valence-corrected chi connectivity index (χ1v) is 6.23. The fourth-order valence-corrected chi connectivity index (χ4v) is 2.11. The van der Waals surface area contributed by atoms with Crippen LogP contribution in [-0.4, -0.2) is 6.61 Å². The van der Waals surface area contributed by atoms with Gasteiger partial charge in [-0.25, -0.2) is 0 Å². The number of ether oxygens (including phenoxy) is 1. The highest BCUT2D eigenvalue weighted by Gasteiger charge is 2.17. The summed E-state index contributed by atoms with van der Waals surface area (Å²) in [6, 6.07) is 3.67. The molecule has 2 rings (SSSR count). The predicted octanol–water partition coefficient (Wildman–Crippen LogP) is 3.80. The van der Waals surface area contributed by atoms with Crippen LogP contribution in [0.1, 0.15) is 31.2 Å². The van der Waals surface area contributed by atoms with Gasteiger partial charge in [0.2, 0.25) is 0 Å². The van der Waals surface area contributed by atoms with Gasteiger partial charge >= 0.3 is 0 Å². The molecule has 1 aliphatic rings. The van der Waals surface area contributed by atoms with Crippen molar-refractivity contribution in [2.24, 2.45) is 5.92 Å². The number of anilines is 1. The van der Waals surface area contributed by atoms with E-state index in [9.17, 15) is 0 Å². The second-order valence-corrected chi connectivity index (χ2v) is 4.98. The third kappa shape index (κ3) is 2.62. The van der Waals surface area contributed by atoms with Gasteiger partial charge < -0.3 is 10.5 Å². The van der Waals surface area contributed by atoms with E-state index in [1.54, 1.807) is 0 Å². The van der Waals surface area contributed by atoms with E-state index in [2.05, 4.69) is 0 Å². The van der Waals surface area contributed by atoms with Crippen molar-refractivity contribution in [1.29, 1.82) is 0 Å². The van der Waals surface area contributed by atoms with Crippen molar-refractivity contribution in [3.63, 3.8) is 0 Å². The first-order valence-electron chi connectivity index (χ1n) is 5.85. The van der Waals surface area contributed by atoms with Crippen LogP contribution in [0.15, 0.2) is 12.1 Å². The van der Waals surface area contributed by atoms with Crippen molar-refractivity contribution in [2.45, 2.75) is 32.6 Å². The first-order chi connectivity index (χ1) is 7.66. The minimum absolute atomic E-state index is 0.573. The van der Waals surface area contributed by atoms with Crippen LogP contribution in [0.2, 0.25) is 5.02 Å². The lowest BCUT2D eigenvalue weighted by Crippen LogP contribution is -2.14. The molecule has 0 radical (unpaired) electrons. The zero-order chi connectivity index (χ0) is 11.5. The van der Waals surface area contributed by atoms with Gasteiger partial charge in [0.15, 0.2) is 0 Å². The van der Waals surface area contributed by atoms with Gasteiger partial charge in [-0.05, 0) is 30.9 Å². The van der Waals surface area contributed by atoms with Crippen LogP contribution >= 0.6 is 11.6 Å². The smallest absolute Gasteiger partial charge is 0.123 e. The molecule has 1 saturated carbocycles. The van der Waals surface area contributed by atoms with E-state index in [0.717, 1.165) is 30.3 Å². The van der Waals surface area contributed by atoms with Crippen molar-refractivity contribution in [2.75, 3.05) is 12.3 Å². The number of hydrogen-bond donors (Lipinski definition) is 1. The third-order valence-electron chi connectivity index (χ3n) is 3.30. The highest BCUT2D eigenvalue weighted by Crippen LogP contribution is 2.31. The Balaban J connectivity index is 1.90. The van der Waals surface area contributed by atoms with Gasteiger partial charge in [-0.3, -0.25) is 0 Å². The molecular weight excluding hydrogens is 222 g/mol. The van der Waals surface area contributed by atoms with Gasteiger partial charge in [0, 0.05) is 6.07 Å². The van der Waals surface area contributed by atoms with E-state index in [1.165, 1.54) is 19.3 Å². The van der Waals surface area contributed by atoms with Gasteiger partial charge in [0.25, 0.3) is 0 Å². The van der Waals surface area contributed by atoms with Crippen LogP contribution in [0.4, 0.5) is 5.69 Å². The molecule has 0 aromatic heterocycles. The normalized spacial score (nSPS) is 15.9. The van der Waals surface area contributed by atoms with Crippen LogP contribution in [0.5, 0.6) is 5.75 Å². The molecule has 0 unspecified atom stereocenters. The number of nitrogens with two attached hydrogens (primary N) is 1. The Labute approximate surface area is 102 Å². The maximum atomic E-state index is 5.96. The molecule has 0 atom stereocenters. The maximum Gasteiger partial charge on any atom is 0.123 e. The number of nitrogen functional groups attached to an aromatic ring is 1. The molecule has 0 amide bonds. The number of halogens is 1. The van der Waals surface area contributed by atoms with Gasteiger partial charge in [0.1, 0.15) is 5.75 Å². The van der Waals surface area contributed by atoms with Crippen molar-refractivity contribution in [3.05, 3.63) is 22.7 Å². The first kappa shape index (κ1) is 11.6. The summed E-state index contributed by atoms with van der Waals surface area (Å²) >= 11 is 5.96. The van der Waals surface area contributed by atoms with Crippen molar-refractivity contribution in [3.8, 4) is 5.75 Å². The molecule has 88 valence electrons. The highest BCUT2D eigenvalue weighted by molar-refractivity contribution is 6.33. The van der Waals surface area contributed by atoms with Crippen LogP contribution in [0.3, 0.4) is 0 Å². The number of benzene rings is 1. The molecule has 1 fully saturated rings. The lowest BCUT2D eigenvalue weighted by atomic mass is 9.83.